The fourth-order valence-electron chi connectivity index (χ4n) is 1.21. The topological polar surface area (TPSA) is 0 Å². The Kier molecular flexibility index (Phi) is 11.0. The van der Waals surface area contributed by atoms with Gasteiger partial charge in [-0.05, 0) is 6.92 Å². The molecule has 0 N–H and O–H groups in total. The van der Waals surface area contributed by atoms with Gasteiger partial charge in [-0.3, -0.25) is 0 Å². The second-order valence-corrected chi connectivity index (χ2v) is 5.12. The average Bonchev–Trinajstić information content (AvgIpc) is 2.03. The van der Waals surface area contributed by atoms with Gasteiger partial charge in [-0.25, -0.2) is 0 Å². The van der Waals surface area contributed by atoms with Gasteiger partial charge < -0.3 is 0 Å². The Morgan fingerprint density at radius 2 is 2.00 bits per heavy atom. The van der Waals surface area contributed by atoms with E-state index in [4.69, 9.17) is 0 Å². The van der Waals surface area contributed by atoms with E-state index in [-0.39, 0.29) is 20.4 Å². The quantitative estimate of drug-likeness (QED) is 0.306. The van der Waals surface area contributed by atoms with Crippen LogP contribution in [-0.4, -0.2) is 20.4 Å². The molecule has 0 aliphatic carbocycles. The van der Waals surface area contributed by atoms with Crippen LogP contribution in [0.2, 0.25) is 9.10 Å². The molecule has 0 amide bonds. The van der Waals surface area contributed by atoms with Crippen molar-refractivity contribution in [3.63, 3.8) is 0 Å². The van der Waals surface area contributed by atoms with Crippen LogP contribution in [0.15, 0.2) is 12.2 Å². The summed E-state index contributed by atoms with van der Waals surface area (Å²) in [7, 11) is 0. The van der Waals surface area contributed by atoms with E-state index in [0.717, 1.165) is 0 Å². The van der Waals surface area contributed by atoms with Gasteiger partial charge in [0.2, 0.25) is 0 Å². The predicted octanol–water partition coefficient (Wildman–Crippen LogP) is 3.68. The van der Waals surface area contributed by atoms with Gasteiger partial charge in [0, 0.05) is 0 Å². The molecule has 0 bridgehead atoms. The molecule has 0 rings (SSSR count). The maximum Gasteiger partial charge on any atom is 0.369 e. The van der Waals surface area contributed by atoms with Crippen molar-refractivity contribution in [2.75, 3.05) is 0 Å². The first-order valence-electron chi connectivity index (χ1n) is 5.03. The van der Waals surface area contributed by atoms with Crippen LogP contribution in [0, 0.1) is 0 Å². The standard InChI is InChI=1S/C6H13.C4H7.Mg/c1-3-5-6-4-2;1-3-4-2;/h1,3-6H2,2H3;3-4H,1H2,2H3;. The third kappa shape index (κ3) is 10.5. The largest absolute Gasteiger partial charge is 0.369 e. The molecule has 0 unspecified atom stereocenters. The van der Waals surface area contributed by atoms with E-state index in [1.165, 1.54) is 30.2 Å². The van der Waals surface area contributed by atoms with Crippen LogP contribution >= 0.6 is 0 Å². The van der Waals surface area contributed by atoms with Crippen molar-refractivity contribution in [3.8, 4) is 0 Å². The van der Waals surface area contributed by atoms with Gasteiger partial charge in [-0.15, -0.1) is 15.2 Å². The summed E-state index contributed by atoms with van der Waals surface area (Å²) in [5, 5.41) is 0. The van der Waals surface area contributed by atoms with E-state index in [2.05, 4.69) is 26.0 Å². The van der Waals surface area contributed by atoms with E-state index in [9.17, 15) is 0 Å². The minimum atomic E-state index is 0.286. The molecule has 11 heavy (non-hydrogen) atoms. The van der Waals surface area contributed by atoms with Gasteiger partial charge in [0.1, 0.15) is 0 Å². The van der Waals surface area contributed by atoms with Crippen molar-refractivity contribution in [1.82, 2.24) is 0 Å². The average molecular weight is 165 g/mol. The summed E-state index contributed by atoms with van der Waals surface area (Å²) >= 11 is 0.286. The van der Waals surface area contributed by atoms with Crippen molar-refractivity contribution in [2.24, 2.45) is 0 Å². The third-order valence-electron chi connectivity index (χ3n) is 1.96. The molecule has 0 atom stereocenters. The summed E-state index contributed by atoms with van der Waals surface area (Å²) in [5.41, 5.74) is 0. The second-order valence-electron chi connectivity index (χ2n) is 3.13. The van der Waals surface area contributed by atoms with Gasteiger partial charge in [-0.1, -0.05) is 38.7 Å². The smallest absolute Gasteiger partial charge is 0.145 e. The molecular weight excluding hydrogens is 144 g/mol. The van der Waals surface area contributed by atoms with Crippen LogP contribution in [0.5, 0.6) is 0 Å². The molecule has 0 aromatic rings. The van der Waals surface area contributed by atoms with E-state index in [1.54, 1.807) is 4.55 Å². The first-order chi connectivity index (χ1) is 5.41. The molecule has 0 aliphatic rings. The molecular formula is C10H20Mg. The molecule has 0 saturated carbocycles. The van der Waals surface area contributed by atoms with E-state index in [1.807, 2.05) is 0 Å². The summed E-state index contributed by atoms with van der Waals surface area (Å²) in [6.07, 6.45) is 10.3. The Morgan fingerprint density at radius 3 is 2.64 bits per heavy atom. The molecule has 0 saturated heterocycles. The lowest BCUT2D eigenvalue weighted by atomic mass is 10.2. The monoisotopic (exact) mass is 164 g/mol. The highest BCUT2D eigenvalue weighted by Gasteiger charge is 1.92. The minimum Gasteiger partial charge on any atom is -0.145 e. The molecule has 0 aliphatic heterocycles. The summed E-state index contributed by atoms with van der Waals surface area (Å²) in [4.78, 5) is 0. The highest BCUT2D eigenvalue weighted by Crippen LogP contribution is 2.03. The van der Waals surface area contributed by atoms with Crippen LogP contribution in [-0.2, 0) is 0 Å². The Hall–Kier alpha value is 0.506. The lowest BCUT2D eigenvalue weighted by Gasteiger charge is -1.95. The zero-order valence-electron chi connectivity index (χ0n) is 8.10. The number of rotatable bonds is 7. The van der Waals surface area contributed by atoms with Gasteiger partial charge in [0.05, 0.1) is 0 Å². The molecule has 0 aromatic carbocycles. The first-order valence-corrected chi connectivity index (χ1v) is 7.03. The molecule has 0 nitrogen and oxygen atoms in total. The number of unbranched alkanes of at least 4 members (excludes halogenated alkanes) is 3. The van der Waals surface area contributed by atoms with Crippen LogP contribution in [0.4, 0.5) is 0 Å². The predicted molar refractivity (Wildman–Crippen MR) is 54.3 cm³/mol. The van der Waals surface area contributed by atoms with Crippen LogP contribution in [0.3, 0.4) is 0 Å². The first kappa shape index (κ1) is 11.5. The molecule has 0 radical (unpaired) electrons. The highest BCUT2D eigenvalue weighted by atomic mass is 24.5. The van der Waals surface area contributed by atoms with Crippen LogP contribution in [0.1, 0.15) is 39.5 Å². The Morgan fingerprint density at radius 1 is 1.18 bits per heavy atom. The summed E-state index contributed by atoms with van der Waals surface area (Å²) in [6, 6.07) is 0. The maximum atomic E-state index is 2.33. The lowest BCUT2D eigenvalue weighted by molar-refractivity contribution is 0.700. The summed E-state index contributed by atoms with van der Waals surface area (Å²) < 4.78 is 2.98. The Bertz CT molecular complexity index is 86.9. The van der Waals surface area contributed by atoms with E-state index >= 15 is 0 Å². The zero-order chi connectivity index (χ0) is 8.36. The van der Waals surface area contributed by atoms with Gasteiger partial charge >= 0.3 is 20.4 Å². The van der Waals surface area contributed by atoms with Crippen molar-refractivity contribution < 1.29 is 0 Å². The summed E-state index contributed by atoms with van der Waals surface area (Å²) in [6.45, 7) is 4.39. The number of hydrogen-bond donors (Lipinski definition) is 0. The molecule has 62 valence electrons. The number of allylic oxidation sites excluding steroid dienone is 2. The van der Waals surface area contributed by atoms with Gasteiger partial charge in [0.25, 0.3) is 0 Å². The Balaban J connectivity index is 2.79. The Labute approximate surface area is 81.2 Å². The number of hydrogen-bond acceptors (Lipinski definition) is 0. The van der Waals surface area contributed by atoms with Gasteiger partial charge in [0.15, 0.2) is 0 Å². The highest BCUT2D eigenvalue weighted by molar-refractivity contribution is 6.36. The fourth-order valence-corrected chi connectivity index (χ4v) is 2.77. The SMILES string of the molecule is CC=C[CH2][Mg][CH2]CCCCC. The molecule has 0 aromatic heterocycles. The second kappa shape index (κ2) is 10.5. The molecule has 0 fully saturated rings. The zero-order valence-corrected chi connectivity index (χ0v) is 9.52. The third-order valence-corrected chi connectivity index (χ3v) is 3.70. The van der Waals surface area contributed by atoms with Crippen molar-refractivity contribution in [3.05, 3.63) is 12.2 Å². The summed E-state index contributed by atoms with van der Waals surface area (Å²) in [5.74, 6) is 0. The molecule has 1 heteroatoms. The van der Waals surface area contributed by atoms with Crippen LogP contribution in [0.25, 0.3) is 0 Å². The minimum absolute atomic E-state index is 0.286. The van der Waals surface area contributed by atoms with Crippen molar-refractivity contribution >= 4 is 20.4 Å². The van der Waals surface area contributed by atoms with Gasteiger partial charge in [-0.2, -0.15) is 0 Å². The molecule has 0 spiro atoms. The van der Waals surface area contributed by atoms with Crippen molar-refractivity contribution in [1.29, 1.82) is 0 Å². The lowest BCUT2D eigenvalue weighted by Crippen LogP contribution is -1.86. The normalized spacial score (nSPS) is 10.4. The maximum absolute atomic E-state index is 2.33. The molecule has 0 heterocycles. The fraction of sp³-hybridized carbons (Fsp3) is 0.800. The van der Waals surface area contributed by atoms with Crippen molar-refractivity contribution in [2.45, 2.75) is 48.6 Å². The van der Waals surface area contributed by atoms with E-state index in [0.29, 0.717) is 0 Å². The van der Waals surface area contributed by atoms with E-state index < -0.39 is 0 Å². The van der Waals surface area contributed by atoms with Crippen LogP contribution < -0.4 is 0 Å².